The highest BCUT2D eigenvalue weighted by atomic mass is 79.9. The zero-order valence-corrected chi connectivity index (χ0v) is 22.5. The Labute approximate surface area is 235 Å². The van der Waals surface area contributed by atoms with Gasteiger partial charge in [0.2, 0.25) is 0 Å². The van der Waals surface area contributed by atoms with Gasteiger partial charge in [-0.3, -0.25) is 0 Å². The number of hydrogen-bond acceptors (Lipinski definition) is 3. The van der Waals surface area contributed by atoms with E-state index in [4.69, 9.17) is 15.0 Å². The van der Waals surface area contributed by atoms with Crippen LogP contribution in [0.25, 0.3) is 66.8 Å². The van der Waals surface area contributed by atoms with Gasteiger partial charge < -0.3 is 0 Å². The molecule has 0 aliphatic carbocycles. The van der Waals surface area contributed by atoms with E-state index in [1.807, 2.05) is 60.7 Å². The lowest BCUT2D eigenvalue weighted by atomic mass is 9.92. The van der Waals surface area contributed by atoms with Crippen LogP contribution in [0.4, 0.5) is 0 Å². The van der Waals surface area contributed by atoms with Gasteiger partial charge in [-0.15, -0.1) is 0 Å². The molecular weight excluding hydrogens is 542 g/mol. The first-order chi connectivity index (χ1) is 19.2. The number of nitrogens with zero attached hydrogens (tertiary/aromatic N) is 3. The second-order valence-corrected chi connectivity index (χ2v) is 10.4. The third kappa shape index (κ3) is 4.49. The standard InChI is InChI=1S/C35H22BrN3/c36-28-20-26(32-22-25-15-7-8-16-29(25)30-17-9-10-18-31(30)32)19-27(21-28)35-38-33(23-11-3-1-4-12-23)37-34(39-35)24-13-5-2-6-14-24/h1-22H. The topological polar surface area (TPSA) is 38.7 Å². The predicted octanol–water partition coefficient (Wildman–Crippen LogP) is 9.61. The summed E-state index contributed by atoms with van der Waals surface area (Å²) in [7, 11) is 0. The van der Waals surface area contributed by atoms with Crippen LogP contribution in [-0.4, -0.2) is 15.0 Å². The lowest BCUT2D eigenvalue weighted by Gasteiger charge is -2.13. The first kappa shape index (κ1) is 23.4. The van der Waals surface area contributed by atoms with E-state index >= 15 is 0 Å². The molecule has 3 nitrogen and oxygen atoms in total. The van der Waals surface area contributed by atoms with Crippen LogP contribution in [0.5, 0.6) is 0 Å². The number of benzene rings is 6. The van der Waals surface area contributed by atoms with Crippen molar-refractivity contribution in [3.05, 3.63) is 138 Å². The van der Waals surface area contributed by atoms with Crippen molar-refractivity contribution in [3.8, 4) is 45.3 Å². The van der Waals surface area contributed by atoms with Gasteiger partial charge in [0.1, 0.15) is 0 Å². The van der Waals surface area contributed by atoms with Gasteiger partial charge in [0.25, 0.3) is 0 Å². The van der Waals surface area contributed by atoms with Gasteiger partial charge in [0.15, 0.2) is 17.5 Å². The molecule has 0 fully saturated rings. The van der Waals surface area contributed by atoms with Crippen LogP contribution < -0.4 is 0 Å². The Morgan fingerprint density at radius 1 is 0.385 bits per heavy atom. The summed E-state index contributed by atoms with van der Waals surface area (Å²) in [5, 5.41) is 4.92. The summed E-state index contributed by atoms with van der Waals surface area (Å²) in [5.74, 6) is 1.93. The van der Waals surface area contributed by atoms with Crippen molar-refractivity contribution >= 4 is 37.5 Å². The quantitative estimate of drug-likeness (QED) is 0.200. The molecule has 0 saturated heterocycles. The number of aromatic nitrogens is 3. The summed E-state index contributed by atoms with van der Waals surface area (Å²) in [6.07, 6.45) is 0. The third-order valence-electron chi connectivity index (χ3n) is 6.93. The molecule has 184 valence electrons. The molecule has 0 spiro atoms. The Morgan fingerprint density at radius 3 is 1.51 bits per heavy atom. The minimum absolute atomic E-state index is 0.635. The van der Waals surface area contributed by atoms with Crippen molar-refractivity contribution in [1.29, 1.82) is 0 Å². The normalized spacial score (nSPS) is 11.2. The maximum atomic E-state index is 4.94. The highest BCUT2D eigenvalue weighted by Gasteiger charge is 2.15. The molecule has 7 aromatic rings. The Morgan fingerprint density at radius 2 is 0.872 bits per heavy atom. The Kier molecular flexibility index (Phi) is 5.95. The molecule has 0 aliphatic rings. The van der Waals surface area contributed by atoms with E-state index in [0.29, 0.717) is 17.5 Å². The smallest absolute Gasteiger partial charge is 0.164 e. The maximum absolute atomic E-state index is 4.94. The van der Waals surface area contributed by atoms with Gasteiger partial charge in [-0.05, 0) is 56.9 Å². The van der Waals surface area contributed by atoms with Crippen LogP contribution >= 0.6 is 15.9 Å². The van der Waals surface area contributed by atoms with Crippen LogP contribution in [0, 0.1) is 0 Å². The van der Waals surface area contributed by atoms with Crippen molar-refractivity contribution in [2.24, 2.45) is 0 Å². The summed E-state index contributed by atoms with van der Waals surface area (Å²) in [6, 6.07) is 46.0. The molecule has 0 saturated carbocycles. The van der Waals surface area contributed by atoms with E-state index in [2.05, 4.69) is 88.7 Å². The molecule has 0 radical (unpaired) electrons. The van der Waals surface area contributed by atoms with Crippen LogP contribution in [0.15, 0.2) is 138 Å². The van der Waals surface area contributed by atoms with E-state index in [1.165, 1.54) is 27.1 Å². The van der Waals surface area contributed by atoms with Gasteiger partial charge in [-0.25, -0.2) is 15.0 Å². The zero-order valence-electron chi connectivity index (χ0n) is 20.9. The average Bonchev–Trinajstić information content (AvgIpc) is 3.01. The maximum Gasteiger partial charge on any atom is 0.164 e. The molecule has 1 heterocycles. The molecule has 0 N–H and O–H groups in total. The van der Waals surface area contributed by atoms with Gasteiger partial charge in [0, 0.05) is 21.2 Å². The summed E-state index contributed by atoms with van der Waals surface area (Å²) in [5.41, 5.74) is 5.10. The first-order valence-corrected chi connectivity index (χ1v) is 13.6. The Balaban J connectivity index is 1.45. The number of hydrogen-bond donors (Lipinski definition) is 0. The van der Waals surface area contributed by atoms with Gasteiger partial charge in [-0.1, -0.05) is 125 Å². The van der Waals surface area contributed by atoms with Crippen molar-refractivity contribution < 1.29 is 0 Å². The molecule has 0 amide bonds. The SMILES string of the molecule is Brc1cc(-c2nc(-c3ccccc3)nc(-c3ccccc3)n2)cc(-c2cc3ccccc3c3ccccc23)c1. The third-order valence-corrected chi connectivity index (χ3v) is 7.39. The van der Waals surface area contributed by atoms with Crippen molar-refractivity contribution in [3.63, 3.8) is 0 Å². The summed E-state index contributed by atoms with van der Waals surface area (Å²) in [4.78, 5) is 14.7. The van der Waals surface area contributed by atoms with Crippen LogP contribution in [0.1, 0.15) is 0 Å². The largest absolute Gasteiger partial charge is 0.208 e. The van der Waals surface area contributed by atoms with E-state index in [-0.39, 0.29) is 0 Å². The van der Waals surface area contributed by atoms with Gasteiger partial charge in [0.05, 0.1) is 0 Å². The fourth-order valence-corrected chi connectivity index (χ4v) is 5.60. The van der Waals surface area contributed by atoms with Crippen molar-refractivity contribution in [1.82, 2.24) is 15.0 Å². The molecule has 39 heavy (non-hydrogen) atoms. The molecule has 0 unspecified atom stereocenters. The number of halogens is 1. The Bertz CT molecular complexity index is 1910. The molecule has 0 bridgehead atoms. The molecule has 7 rings (SSSR count). The van der Waals surface area contributed by atoms with Crippen LogP contribution in [0.2, 0.25) is 0 Å². The fraction of sp³-hybridized carbons (Fsp3) is 0. The lowest BCUT2D eigenvalue weighted by Crippen LogP contribution is -2.00. The fourth-order valence-electron chi connectivity index (χ4n) is 5.11. The molecule has 6 aromatic carbocycles. The number of rotatable bonds is 4. The van der Waals surface area contributed by atoms with E-state index in [1.54, 1.807) is 0 Å². The van der Waals surface area contributed by atoms with Crippen molar-refractivity contribution in [2.45, 2.75) is 0 Å². The van der Waals surface area contributed by atoms with E-state index < -0.39 is 0 Å². The second-order valence-electron chi connectivity index (χ2n) is 9.46. The molecule has 0 aliphatic heterocycles. The monoisotopic (exact) mass is 563 g/mol. The highest BCUT2D eigenvalue weighted by Crippen LogP contribution is 2.38. The van der Waals surface area contributed by atoms with E-state index in [9.17, 15) is 0 Å². The van der Waals surface area contributed by atoms with Crippen molar-refractivity contribution in [2.75, 3.05) is 0 Å². The van der Waals surface area contributed by atoms with E-state index in [0.717, 1.165) is 26.7 Å². The molecule has 0 atom stereocenters. The Hall–Kier alpha value is -4.67. The molecule has 4 heteroatoms. The summed E-state index contributed by atoms with van der Waals surface area (Å²) < 4.78 is 0.968. The number of fused-ring (bicyclic) bond motifs is 3. The van der Waals surface area contributed by atoms with Crippen LogP contribution in [0.3, 0.4) is 0 Å². The highest BCUT2D eigenvalue weighted by molar-refractivity contribution is 9.10. The van der Waals surface area contributed by atoms with Crippen LogP contribution in [-0.2, 0) is 0 Å². The first-order valence-electron chi connectivity index (χ1n) is 12.8. The summed E-state index contributed by atoms with van der Waals surface area (Å²) in [6.45, 7) is 0. The average molecular weight is 564 g/mol. The predicted molar refractivity (Wildman–Crippen MR) is 164 cm³/mol. The zero-order chi connectivity index (χ0) is 26.2. The summed E-state index contributed by atoms with van der Waals surface area (Å²) >= 11 is 3.78. The second kappa shape index (κ2) is 9.90. The lowest BCUT2D eigenvalue weighted by molar-refractivity contribution is 1.07. The van der Waals surface area contributed by atoms with Gasteiger partial charge in [-0.2, -0.15) is 0 Å². The minimum atomic E-state index is 0.635. The molecular formula is C35H22BrN3. The molecule has 1 aromatic heterocycles. The minimum Gasteiger partial charge on any atom is -0.208 e. The van der Waals surface area contributed by atoms with Gasteiger partial charge >= 0.3 is 0 Å².